The summed E-state index contributed by atoms with van der Waals surface area (Å²) in [7, 11) is 0. The van der Waals surface area contributed by atoms with E-state index in [2.05, 4.69) is 27.7 Å². The predicted octanol–water partition coefficient (Wildman–Crippen LogP) is 4.45. The fourth-order valence-electron chi connectivity index (χ4n) is 1.74. The second-order valence-corrected chi connectivity index (χ2v) is 4.11. The van der Waals surface area contributed by atoms with Gasteiger partial charge in [-0.1, -0.05) is 59.8 Å². The van der Waals surface area contributed by atoms with E-state index in [9.17, 15) is 0 Å². The van der Waals surface area contributed by atoms with E-state index in [1.54, 1.807) is 0 Å². The average molecular weight is 169 g/mol. The largest absolute Gasteiger partial charge is 0.0654 e. The maximum Gasteiger partial charge on any atom is -0.0414 e. The summed E-state index contributed by atoms with van der Waals surface area (Å²) in [5.74, 6) is 1.57. The van der Waals surface area contributed by atoms with Crippen LogP contribution in [0.2, 0.25) is 0 Å². The summed E-state index contributed by atoms with van der Waals surface area (Å²) in [4.78, 5) is 0. The molecule has 2 unspecified atom stereocenters. The Morgan fingerprint density at radius 1 is 1.17 bits per heavy atom. The molecule has 0 fully saturated rings. The highest BCUT2D eigenvalue weighted by Crippen LogP contribution is 2.21. The summed E-state index contributed by atoms with van der Waals surface area (Å²) in [5.41, 5.74) is 0. The van der Waals surface area contributed by atoms with E-state index in [0.29, 0.717) is 5.92 Å². The third-order valence-corrected chi connectivity index (χ3v) is 2.53. The highest BCUT2D eigenvalue weighted by molar-refractivity contribution is 4.63. The van der Waals surface area contributed by atoms with Gasteiger partial charge in [0.25, 0.3) is 0 Å². The van der Waals surface area contributed by atoms with Crippen LogP contribution < -0.4 is 0 Å². The van der Waals surface area contributed by atoms with Crippen molar-refractivity contribution in [3.8, 4) is 0 Å². The lowest BCUT2D eigenvalue weighted by Gasteiger charge is -2.16. The molecule has 0 heteroatoms. The van der Waals surface area contributed by atoms with E-state index < -0.39 is 0 Å². The SMILES string of the molecule is [CH2]C(C)CC(CC)CCCCC. The Bertz CT molecular complexity index is 84.0. The molecule has 0 aliphatic heterocycles. The van der Waals surface area contributed by atoms with Crippen molar-refractivity contribution in [3.63, 3.8) is 0 Å². The van der Waals surface area contributed by atoms with E-state index in [1.807, 2.05) is 0 Å². The van der Waals surface area contributed by atoms with Gasteiger partial charge in [0.05, 0.1) is 0 Å². The summed E-state index contributed by atoms with van der Waals surface area (Å²) >= 11 is 0. The fourth-order valence-corrected chi connectivity index (χ4v) is 1.74. The van der Waals surface area contributed by atoms with Crippen LogP contribution in [0.15, 0.2) is 0 Å². The molecule has 0 bridgehead atoms. The molecule has 73 valence electrons. The predicted molar refractivity (Wildman–Crippen MR) is 57.1 cm³/mol. The van der Waals surface area contributed by atoms with Gasteiger partial charge in [-0.05, 0) is 18.3 Å². The topological polar surface area (TPSA) is 0 Å². The summed E-state index contributed by atoms with van der Waals surface area (Å²) in [6.45, 7) is 10.9. The van der Waals surface area contributed by atoms with Gasteiger partial charge in [0.1, 0.15) is 0 Å². The summed E-state index contributed by atoms with van der Waals surface area (Å²) < 4.78 is 0. The molecular formula is C12H25. The molecule has 0 aromatic carbocycles. The Hall–Kier alpha value is 0. The van der Waals surface area contributed by atoms with Gasteiger partial charge in [0, 0.05) is 0 Å². The highest BCUT2D eigenvalue weighted by Gasteiger charge is 2.07. The molecule has 1 radical (unpaired) electrons. The fraction of sp³-hybridized carbons (Fsp3) is 0.917. The third kappa shape index (κ3) is 6.69. The van der Waals surface area contributed by atoms with E-state index >= 15 is 0 Å². The zero-order valence-corrected chi connectivity index (χ0v) is 9.10. The number of hydrogen-bond acceptors (Lipinski definition) is 0. The molecule has 0 aromatic rings. The van der Waals surface area contributed by atoms with Crippen LogP contribution in [0.25, 0.3) is 0 Å². The first kappa shape index (κ1) is 12.0. The van der Waals surface area contributed by atoms with Gasteiger partial charge in [0.15, 0.2) is 0 Å². The molecule has 0 aliphatic carbocycles. The first-order valence-corrected chi connectivity index (χ1v) is 5.53. The molecule has 0 spiro atoms. The van der Waals surface area contributed by atoms with E-state index in [1.165, 1.54) is 38.5 Å². The minimum Gasteiger partial charge on any atom is -0.0654 e. The van der Waals surface area contributed by atoms with Crippen molar-refractivity contribution in [2.75, 3.05) is 0 Å². The molecule has 2 atom stereocenters. The number of rotatable bonds is 7. The standard InChI is InChI=1S/C12H25/c1-5-7-8-9-12(6-2)10-11(3)4/h11-12H,3,5-10H2,1-2,4H3. The maximum atomic E-state index is 4.05. The molecule has 0 N–H and O–H groups in total. The van der Waals surface area contributed by atoms with E-state index in [0.717, 1.165) is 5.92 Å². The van der Waals surface area contributed by atoms with E-state index in [4.69, 9.17) is 0 Å². The van der Waals surface area contributed by atoms with Gasteiger partial charge in [-0.25, -0.2) is 0 Å². The average Bonchev–Trinajstić information content (AvgIpc) is 2.02. The van der Waals surface area contributed by atoms with Gasteiger partial charge in [-0.3, -0.25) is 0 Å². The third-order valence-electron chi connectivity index (χ3n) is 2.53. The van der Waals surface area contributed by atoms with Crippen molar-refractivity contribution < 1.29 is 0 Å². The second kappa shape index (κ2) is 7.64. The van der Waals surface area contributed by atoms with E-state index in [-0.39, 0.29) is 0 Å². The molecule has 0 aromatic heterocycles. The van der Waals surface area contributed by atoms with Gasteiger partial charge >= 0.3 is 0 Å². The van der Waals surface area contributed by atoms with Crippen molar-refractivity contribution in [1.82, 2.24) is 0 Å². The van der Waals surface area contributed by atoms with Crippen molar-refractivity contribution >= 4 is 0 Å². The quantitative estimate of drug-likeness (QED) is 0.494. The summed E-state index contributed by atoms with van der Waals surface area (Å²) in [5, 5.41) is 0. The minimum absolute atomic E-state index is 0.636. The van der Waals surface area contributed by atoms with Gasteiger partial charge in [-0.15, -0.1) is 0 Å². The Balaban J connectivity index is 3.39. The van der Waals surface area contributed by atoms with Crippen LogP contribution in [0, 0.1) is 18.8 Å². The number of hydrogen-bond donors (Lipinski definition) is 0. The van der Waals surface area contributed by atoms with Gasteiger partial charge in [0.2, 0.25) is 0 Å². The highest BCUT2D eigenvalue weighted by atomic mass is 14.1. The van der Waals surface area contributed by atoms with Crippen LogP contribution in [0.4, 0.5) is 0 Å². The van der Waals surface area contributed by atoms with Crippen molar-refractivity contribution in [2.45, 2.75) is 59.3 Å². The minimum atomic E-state index is 0.636. The molecule has 0 heterocycles. The van der Waals surface area contributed by atoms with Crippen molar-refractivity contribution in [2.24, 2.45) is 11.8 Å². The zero-order valence-electron chi connectivity index (χ0n) is 9.10. The van der Waals surface area contributed by atoms with Crippen LogP contribution in [0.3, 0.4) is 0 Å². The summed E-state index contributed by atoms with van der Waals surface area (Å²) in [6, 6.07) is 0. The Morgan fingerprint density at radius 2 is 1.83 bits per heavy atom. The first-order chi connectivity index (χ1) is 5.70. The Morgan fingerprint density at radius 3 is 2.25 bits per heavy atom. The molecule has 0 saturated heterocycles. The van der Waals surface area contributed by atoms with Gasteiger partial charge < -0.3 is 0 Å². The lowest BCUT2D eigenvalue weighted by atomic mass is 9.90. The van der Waals surface area contributed by atoms with Crippen LogP contribution in [-0.4, -0.2) is 0 Å². The molecule has 0 saturated carbocycles. The van der Waals surface area contributed by atoms with Gasteiger partial charge in [-0.2, -0.15) is 0 Å². The number of unbranched alkanes of at least 4 members (excludes halogenated alkanes) is 2. The normalized spacial score (nSPS) is 13.8. The van der Waals surface area contributed by atoms with Crippen LogP contribution in [0.1, 0.15) is 59.3 Å². The van der Waals surface area contributed by atoms with Crippen LogP contribution >= 0.6 is 0 Å². The molecule has 12 heavy (non-hydrogen) atoms. The Labute approximate surface area is 78.8 Å². The molecular weight excluding hydrogens is 144 g/mol. The molecule has 0 amide bonds. The molecule has 0 nitrogen and oxygen atoms in total. The Kier molecular flexibility index (Phi) is 7.64. The lowest BCUT2D eigenvalue weighted by Crippen LogP contribution is -2.03. The van der Waals surface area contributed by atoms with Crippen LogP contribution in [-0.2, 0) is 0 Å². The maximum absolute atomic E-state index is 4.05. The van der Waals surface area contributed by atoms with Crippen molar-refractivity contribution in [1.29, 1.82) is 0 Å². The summed E-state index contributed by atoms with van der Waals surface area (Å²) in [6.07, 6.45) is 8.24. The zero-order chi connectivity index (χ0) is 9.40. The second-order valence-electron chi connectivity index (χ2n) is 4.11. The molecule has 0 rings (SSSR count). The lowest BCUT2D eigenvalue weighted by molar-refractivity contribution is 0.378. The monoisotopic (exact) mass is 169 g/mol. The van der Waals surface area contributed by atoms with Crippen molar-refractivity contribution in [3.05, 3.63) is 6.92 Å². The van der Waals surface area contributed by atoms with Crippen LogP contribution in [0.5, 0.6) is 0 Å². The molecule has 0 aliphatic rings. The smallest absolute Gasteiger partial charge is 0.0414 e. The first-order valence-electron chi connectivity index (χ1n) is 5.53.